The van der Waals surface area contributed by atoms with Crippen molar-refractivity contribution in [3.63, 3.8) is 0 Å². The summed E-state index contributed by atoms with van der Waals surface area (Å²) in [6.45, 7) is 2.44. The normalized spacial score (nSPS) is 12.4. The van der Waals surface area contributed by atoms with Crippen molar-refractivity contribution >= 4 is 46.4 Å². The van der Waals surface area contributed by atoms with Crippen molar-refractivity contribution in [1.82, 2.24) is 0 Å². The van der Waals surface area contributed by atoms with Crippen molar-refractivity contribution in [2.45, 2.75) is 26.1 Å². The Morgan fingerprint density at radius 2 is 1.52 bits per heavy atom. The van der Waals surface area contributed by atoms with Crippen molar-refractivity contribution in [3.8, 4) is 0 Å². The monoisotopic (exact) mass is 362 g/mol. The zero-order chi connectivity index (χ0) is 15.4. The third-order valence-corrected chi connectivity index (χ3v) is 4.28. The van der Waals surface area contributed by atoms with E-state index in [4.69, 9.17) is 51.1 Å². The van der Waals surface area contributed by atoms with Gasteiger partial charge < -0.3 is 4.74 Å². The summed E-state index contributed by atoms with van der Waals surface area (Å²) < 4.78 is 5.95. The molecule has 2 aromatic rings. The second kappa shape index (κ2) is 7.71. The van der Waals surface area contributed by atoms with Crippen LogP contribution in [0.4, 0.5) is 0 Å². The molecule has 0 spiro atoms. The van der Waals surface area contributed by atoms with Crippen LogP contribution in [0.15, 0.2) is 36.4 Å². The van der Waals surface area contributed by atoms with Gasteiger partial charge in [-0.05, 0) is 41.8 Å². The summed E-state index contributed by atoms with van der Waals surface area (Å²) in [6.07, 6.45) is 0.688. The van der Waals surface area contributed by atoms with Crippen molar-refractivity contribution in [3.05, 3.63) is 67.6 Å². The maximum Gasteiger partial charge on any atom is 0.0841 e. The molecule has 0 fully saturated rings. The Morgan fingerprint density at radius 1 is 0.905 bits per heavy atom. The second-order valence-electron chi connectivity index (χ2n) is 4.61. The summed E-state index contributed by atoms with van der Waals surface area (Å²) in [7, 11) is 0. The van der Waals surface area contributed by atoms with Crippen LogP contribution in [-0.4, -0.2) is 0 Å². The molecule has 0 aliphatic heterocycles. The molecule has 0 aliphatic rings. The molecule has 0 saturated carbocycles. The molecule has 0 N–H and O–H groups in total. The van der Waals surface area contributed by atoms with Gasteiger partial charge in [0.05, 0.1) is 12.7 Å². The maximum absolute atomic E-state index is 6.23. The Bertz CT molecular complexity index is 628. The van der Waals surface area contributed by atoms with Crippen LogP contribution in [-0.2, 0) is 11.3 Å². The lowest BCUT2D eigenvalue weighted by atomic mass is 10.1. The van der Waals surface area contributed by atoms with Crippen LogP contribution in [0.3, 0.4) is 0 Å². The SMILES string of the molecule is CCC(OCc1ccc(Cl)cc1Cl)c1ccc(Cl)cc1Cl. The first-order chi connectivity index (χ1) is 10.0. The fraction of sp³-hybridized carbons (Fsp3) is 0.250. The van der Waals surface area contributed by atoms with Crippen LogP contribution in [0.5, 0.6) is 0 Å². The fourth-order valence-corrected chi connectivity index (χ4v) is 3.01. The molecule has 0 amide bonds. The van der Waals surface area contributed by atoms with E-state index in [9.17, 15) is 0 Å². The van der Waals surface area contributed by atoms with Crippen LogP contribution in [0.25, 0.3) is 0 Å². The molecular formula is C16H14Cl4O. The Labute approximate surface area is 144 Å². The van der Waals surface area contributed by atoms with E-state index >= 15 is 0 Å². The Kier molecular flexibility index (Phi) is 6.21. The first-order valence-electron chi connectivity index (χ1n) is 6.51. The van der Waals surface area contributed by atoms with E-state index in [1.54, 1.807) is 18.2 Å². The van der Waals surface area contributed by atoms with Crippen LogP contribution in [0.1, 0.15) is 30.6 Å². The predicted octanol–water partition coefficient (Wildman–Crippen LogP) is 6.97. The van der Waals surface area contributed by atoms with Gasteiger partial charge in [-0.25, -0.2) is 0 Å². The number of hydrogen-bond acceptors (Lipinski definition) is 1. The third kappa shape index (κ3) is 4.51. The molecule has 112 valence electrons. The van der Waals surface area contributed by atoms with Gasteiger partial charge in [0.25, 0.3) is 0 Å². The van der Waals surface area contributed by atoms with Crippen LogP contribution >= 0.6 is 46.4 Å². The Hall–Kier alpha value is -0.440. The molecule has 1 atom stereocenters. The highest BCUT2D eigenvalue weighted by molar-refractivity contribution is 6.35. The van der Waals surface area contributed by atoms with Crippen molar-refractivity contribution in [2.75, 3.05) is 0 Å². The van der Waals surface area contributed by atoms with Gasteiger partial charge in [-0.2, -0.15) is 0 Å². The molecule has 0 saturated heterocycles. The topological polar surface area (TPSA) is 9.23 Å². The Balaban J connectivity index is 2.12. The third-order valence-electron chi connectivity index (χ3n) is 3.14. The lowest BCUT2D eigenvalue weighted by Crippen LogP contribution is -2.04. The highest BCUT2D eigenvalue weighted by atomic mass is 35.5. The number of ether oxygens (including phenoxy) is 1. The molecule has 2 aromatic carbocycles. The molecule has 1 unspecified atom stereocenters. The highest BCUT2D eigenvalue weighted by Gasteiger charge is 2.14. The van der Waals surface area contributed by atoms with E-state index in [0.29, 0.717) is 26.7 Å². The predicted molar refractivity (Wildman–Crippen MR) is 90.7 cm³/mol. The number of halogens is 4. The lowest BCUT2D eigenvalue weighted by molar-refractivity contribution is 0.0373. The molecule has 0 radical (unpaired) electrons. The van der Waals surface area contributed by atoms with Gasteiger partial charge in [0.2, 0.25) is 0 Å². The Morgan fingerprint density at radius 3 is 2.10 bits per heavy atom. The van der Waals surface area contributed by atoms with Gasteiger partial charge in [0.1, 0.15) is 0 Å². The van der Waals surface area contributed by atoms with Gasteiger partial charge in [0, 0.05) is 20.1 Å². The maximum atomic E-state index is 6.23. The molecule has 21 heavy (non-hydrogen) atoms. The molecule has 1 nitrogen and oxygen atoms in total. The quantitative estimate of drug-likeness (QED) is 0.557. The minimum absolute atomic E-state index is 0.110. The highest BCUT2D eigenvalue weighted by Crippen LogP contribution is 2.32. The van der Waals surface area contributed by atoms with E-state index < -0.39 is 0 Å². The number of benzene rings is 2. The van der Waals surface area contributed by atoms with E-state index in [-0.39, 0.29) is 6.10 Å². The first-order valence-corrected chi connectivity index (χ1v) is 8.03. The summed E-state index contributed by atoms with van der Waals surface area (Å²) in [5.41, 5.74) is 1.82. The van der Waals surface area contributed by atoms with E-state index in [2.05, 4.69) is 0 Å². The van der Waals surface area contributed by atoms with Gasteiger partial charge >= 0.3 is 0 Å². The largest absolute Gasteiger partial charge is 0.369 e. The molecule has 0 heterocycles. The van der Waals surface area contributed by atoms with Gasteiger partial charge in [-0.15, -0.1) is 0 Å². The van der Waals surface area contributed by atoms with Gasteiger partial charge in [-0.1, -0.05) is 65.5 Å². The zero-order valence-corrected chi connectivity index (χ0v) is 14.4. The molecule has 0 aliphatic carbocycles. The van der Waals surface area contributed by atoms with Gasteiger partial charge in [-0.3, -0.25) is 0 Å². The van der Waals surface area contributed by atoms with E-state index in [0.717, 1.165) is 17.5 Å². The van der Waals surface area contributed by atoms with E-state index in [1.807, 2.05) is 25.1 Å². The lowest BCUT2D eigenvalue weighted by Gasteiger charge is -2.18. The van der Waals surface area contributed by atoms with E-state index in [1.165, 1.54) is 0 Å². The summed E-state index contributed by atoms with van der Waals surface area (Å²) in [5, 5.41) is 2.42. The minimum atomic E-state index is -0.110. The number of rotatable bonds is 5. The zero-order valence-electron chi connectivity index (χ0n) is 11.4. The molecular weight excluding hydrogens is 350 g/mol. The van der Waals surface area contributed by atoms with Gasteiger partial charge in [0.15, 0.2) is 0 Å². The standard InChI is InChI=1S/C16H14Cl4O/c1-2-16(13-6-5-12(18)8-15(13)20)21-9-10-3-4-11(17)7-14(10)19/h3-8,16H,2,9H2,1H3. The van der Waals surface area contributed by atoms with Crippen molar-refractivity contribution in [2.24, 2.45) is 0 Å². The summed E-state index contributed by atoms with van der Waals surface area (Å²) in [5.74, 6) is 0. The average molecular weight is 364 g/mol. The smallest absolute Gasteiger partial charge is 0.0841 e. The van der Waals surface area contributed by atoms with Crippen molar-refractivity contribution < 1.29 is 4.74 Å². The number of hydrogen-bond donors (Lipinski definition) is 0. The first kappa shape index (κ1) is 16.9. The second-order valence-corrected chi connectivity index (χ2v) is 6.30. The van der Waals surface area contributed by atoms with Crippen molar-refractivity contribution in [1.29, 1.82) is 0 Å². The molecule has 0 bridgehead atoms. The molecule has 2 rings (SSSR count). The molecule has 5 heteroatoms. The fourth-order valence-electron chi connectivity index (χ4n) is 2.02. The van der Waals surface area contributed by atoms with Crippen LogP contribution < -0.4 is 0 Å². The summed E-state index contributed by atoms with van der Waals surface area (Å²) in [4.78, 5) is 0. The van der Waals surface area contributed by atoms with Crippen LogP contribution in [0, 0.1) is 0 Å². The summed E-state index contributed by atoms with van der Waals surface area (Å²) in [6, 6.07) is 10.8. The molecule has 0 aromatic heterocycles. The van der Waals surface area contributed by atoms with Crippen LogP contribution in [0.2, 0.25) is 20.1 Å². The summed E-state index contributed by atoms with van der Waals surface area (Å²) >= 11 is 24.2. The average Bonchev–Trinajstić information content (AvgIpc) is 2.43. The minimum Gasteiger partial charge on any atom is -0.369 e.